The van der Waals surface area contributed by atoms with Crippen LogP contribution in [-0.4, -0.2) is 21.1 Å². The molecule has 0 bridgehead atoms. The molecule has 2 aliphatic heterocycles. The molecule has 94 valence electrons. The van der Waals surface area contributed by atoms with Crippen LogP contribution in [0.2, 0.25) is 0 Å². The molecule has 0 aromatic carbocycles. The standard InChI is InChI=1S/C13H19BrN2S/c1-9-3-2-6-16-11(9)12(14)15-13(16)10-4-7-17-8-5-10/h9-10H,2-8H2,1H3. The zero-order valence-electron chi connectivity index (χ0n) is 10.3. The van der Waals surface area contributed by atoms with Crippen LogP contribution >= 0.6 is 27.7 Å². The molecule has 1 saturated heterocycles. The van der Waals surface area contributed by atoms with E-state index in [1.165, 1.54) is 55.3 Å². The van der Waals surface area contributed by atoms with Gasteiger partial charge in [0.1, 0.15) is 10.4 Å². The Kier molecular flexibility index (Phi) is 3.53. The molecule has 1 aromatic heterocycles. The Morgan fingerprint density at radius 3 is 2.82 bits per heavy atom. The van der Waals surface area contributed by atoms with E-state index in [1.807, 2.05) is 0 Å². The molecule has 0 amide bonds. The summed E-state index contributed by atoms with van der Waals surface area (Å²) in [6, 6.07) is 0. The number of rotatable bonds is 1. The molecule has 1 aromatic rings. The second-order valence-corrected chi connectivity index (χ2v) is 7.20. The topological polar surface area (TPSA) is 17.8 Å². The van der Waals surface area contributed by atoms with Crippen molar-refractivity contribution in [2.75, 3.05) is 11.5 Å². The number of hydrogen-bond donors (Lipinski definition) is 0. The highest BCUT2D eigenvalue weighted by Gasteiger charge is 2.28. The van der Waals surface area contributed by atoms with Gasteiger partial charge in [-0.05, 0) is 59.0 Å². The average molecular weight is 315 g/mol. The van der Waals surface area contributed by atoms with Gasteiger partial charge in [0.05, 0.1) is 5.69 Å². The molecule has 3 rings (SSSR count). The monoisotopic (exact) mass is 314 g/mol. The van der Waals surface area contributed by atoms with Crippen molar-refractivity contribution < 1.29 is 0 Å². The van der Waals surface area contributed by atoms with Crippen LogP contribution in [0.3, 0.4) is 0 Å². The molecule has 1 unspecified atom stereocenters. The van der Waals surface area contributed by atoms with Crippen LogP contribution in [0.1, 0.15) is 56.0 Å². The van der Waals surface area contributed by atoms with Crippen LogP contribution in [0.4, 0.5) is 0 Å². The number of thioether (sulfide) groups is 1. The Morgan fingerprint density at radius 1 is 1.29 bits per heavy atom. The number of hydrogen-bond acceptors (Lipinski definition) is 2. The number of nitrogens with zero attached hydrogens (tertiary/aromatic N) is 2. The Morgan fingerprint density at radius 2 is 2.06 bits per heavy atom. The van der Waals surface area contributed by atoms with Crippen LogP contribution in [-0.2, 0) is 6.54 Å². The summed E-state index contributed by atoms with van der Waals surface area (Å²) >= 11 is 5.76. The van der Waals surface area contributed by atoms with Gasteiger partial charge in [-0.15, -0.1) is 0 Å². The maximum Gasteiger partial charge on any atom is 0.127 e. The Bertz CT molecular complexity index is 410. The molecule has 0 aliphatic carbocycles. The summed E-state index contributed by atoms with van der Waals surface area (Å²) < 4.78 is 3.62. The van der Waals surface area contributed by atoms with Gasteiger partial charge in [0.25, 0.3) is 0 Å². The maximum absolute atomic E-state index is 4.84. The molecule has 0 spiro atoms. The SMILES string of the molecule is CC1CCCn2c(C3CCSCC3)nc(Br)c21. The van der Waals surface area contributed by atoms with E-state index >= 15 is 0 Å². The molecule has 3 heterocycles. The van der Waals surface area contributed by atoms with E-state index in [1.54, 1.807) is 0 Å². The lowest BCUT2D eigenvalue weighted by Crippen LogP contribution is -2.19. The summed E-state index contributed by atoms with van der Waals surface area (Å²) in [5.74, 6) is 5.34. The molecule has 1 atom stereocenters. The van der Waals surface area contributed by atoms with Gasteiger partial charge in [-0.25, -0.2) is 4.98 Å². The summed E-state index contributed by atoms with van der Waals surface area (Å²) in [6.07, 6.45) is 5.24. The van der Waals surface area contributed by atoms with Gasteiger partial charge in [0, 0.05) is 12.5 Å². The Balaban J connectivity index is 1.97. The van der Waals surface area contributed by atoms with Crippen LogP contribution in [0.15, 0.2) is 4.60 Å². The van der Waals surface area contributed by atoms with E-state index in [0.717, 1.165) is 4.60 Å². The first-order valence-corrected chi connectivity index (χ1v) is 8.55. The highest BCUT2D eigenvalue weighted by molar-refractivity contribution is 9.10. The lowest BCUT2D eigenvalue weighted by molar-refractivity contribution is 0.443. The molecular formula is C13H19BrN2S. The smallest absolute Gasteiger partial charge is 0.127 e. The van der Waals surface area contributed by atoms with Crippen LogP contribution in [0, 0.1) is 0 Å². The fraction of sp³-hybridized carbons (Fsp3) is 0.769. The molecule has 2 aliphatic rings. The van der Waals surface area contributed by atoms with E-state index < -0.39 is 0 Å². The van der Waals surface area contributed by atoms with Crippen LogP contribution in [0.25, 0.3) is 0 Å². The van der Waals surface area contributed by atoms with Crippen molar-refractivity contribution in [1.29, 1.82) is 0 Å². The predicted molar refractivity (Wildman–Crippen MR) is 76.9 cm³/mol. The van der Waals surface area contributed by atoms with Gasteiger partial charge in [0.2, 0.25) is 0 Å². The highest BCUT2D eigenvalue weighted by Crippen LogP contribution is 2.38. The second kappa shape index (κ2) is 4.96. The van der Waals surface area contributed by atoms with Crippen LogP contribution in [0.5, 0.6) is 0 Å². The fourth-order valence-corrected chi connectivity index (χ4v) is 5.01. The molecule has 1 fully saturated rings. The maximum atomic E-state index is 4.84. The molecule has 4 heteroatoms. The van der Waals surface area contributed by atoms with Crippen molar-refractivity contribution >= 4 is 27.7 Å². The zero-order valence-corrected chi connectivity index (χ0v) is 12.7. The minimum Gasteiger partial charge on any atom is -0.330 e. The predicted octanol–water partition coefficient (Wildman–Crippen LogP) is 4.15. The first kappa shape index (κ1) is 12.1. The minimum atomic E-state index is 0.664. The van der Waals surface area contributed by atoms with E-state index in [4.69, 9.17) is 4.98 Å². The third-order valence-corrected chi connectivity index (χ3v) is 5.70. The third-order valence-electron chi connectivity index (χ3n) is 4.06. The quantitative estimate of drug-likeness (QED) is 0.774. The summed E-state index contributed by atoms with van der Waals surface area (Å²) in [4.78, 5) is 4.84. The molecule has 0 saturated carbocycles. The second-order valence-electron chi connectivity index (χ2n) is 5.23. The third kappa shape index (κ3) is 2.19. The Hall–Kier alpha value is 0.0400. The molecular weight excluding hydrogens is 296 g/mol. The minimum absolute atomic E-state index is 0.664. The molecule has 2 nitrogen and oxygen atoms in total. The first-order valence-electron chi connectivity index (χ1n) is 6.61. The van der Waals surface area contributed by atoms with Crippen molar-refractivity contribution in [3.63, 3.8) is 0 Å². The summed E-state index contributed by atoms with van der Waals surface area (Å²) in [6.45, 7) is 3.51. The van der Waals surface area contributed by atoms with Crippen LogP contribution < -0.4 is 0 Å². The summed E-state index contributed by atoms with van der Waals surface area (Å²) in [7, 11) is 0. The van der Waals surface area contributed by atoms with E-state index in [9.17, 15) is 0 Å². The van der Waals surface area contributed by atoms with Gasteiger partial charge in [-0.3, -0.25) is 0 Å². The molecule has 17 heavy (non-hydrogen) atoms. The normalized spacial score (nSPS) is 25.9. The number of halogens is 1. The summed E-state index contributed by atoms with van der Waals surface area (Å²) in [5, 5.41) is 0. The van der Waals surface area contributed by atoms with E-state index in [0.29, 0.717) is 11.8 Å². The first-order chi connectivity index (χ1) is 8.27. The van der Waals surface area contributed by atoms with E-state index in [2.05, 4.69) is 39.2 Å². The highest BCUT2D eigenvalue weighted by atomic mass is 79.9. The van der Waals surface area contributed by atoms with Gasteiger partial charge < -0.3 is 4.57 Å². The van der Waals surface area contributed by atoms with Crippen molar-refractivity contribution in [2.45, 2.75) is 51.0 Å². The van der Waals surface area contributed by atoms with Crippen molar-refractivity contribution in [1.82, 2.24) is 9.55 Å². The lowest BCUT2D eigenvalue weighted by Gasteiger charge is -2.26. The molecule has 0 N–H and O–H groups in total. The van der Waals surface area contributed by atoms with Crippen molar-refractivity contribution in [3.8, 4) is 0 Å². The van der Waals surface area contributed by atoms with Gasteiger partial charge >= 0.3 is 0 Å². The van der Waals surface area contributed by atoms with E-state index in [-0.39, 0.29) is 0 Å². The zero-order chi connectivity index (χ0) is 11.8. The lowest BCUT2D eigenvalue weighted by atomic mass is 9.97. The average Bonchev–Trinajstić information content (AvgIpc) is 2.69. The summed E-state index contributed by atoms with van der Waals surface area (Å²) in [5.41, 5.74) is 1.45. The largest absolute Gasteiger partial charge is 0.330 e. The fourth-order valence-electron chi connectivity index (χ4n) is 3.12. The number of imidazole rings is 1. The van der Waals surface area contributed by atoms with Crippen molar-refractivity contribution in [3.05, 3.63) is 16.1 Å². The number of fused-ring (bicyclic) bond motifs is 1. The van der Waals surface area contributed by atoms with Crippen molar-refractivity contribution in [2.24, 2.45) is 0 Å². The Labute approximate surface area is 116 Å². The van der Waals surface area contributed by atoms with Gasteiger partial charge in [0.15, 0.2) is 0 Å². The van der Waals surface area contributed by atoms with Gasteiger partial charge in [-0.1, -0.05) is 6.92 Å². The van der Waals surface area contributed by atoms with Gasteiger partial charge in [-0.2, -0.15) is 11.8 Å². The molecule has 0 radical (unpaired) electrons. The number of aromatic nitrogens is 2.